The lowest BCUT2D eigenvalue weighted by molar-refractivity contribution is -0.142. The molecule has 0 saturated carbocycles. The molecule has 0 aliphatic heterocycles. The zero-order valence-corrected chi connectivity index (χ0v) is 15.4. The number of rotatable bonds is 6. The van der Waals surface area contributed by atoms with Crippen LogP contribution >= 0.6 is 0 Å². The summed E-state index contributed by atoms with van der Waals surface area (Å²) in [6.07, 6.45) is 0.267. The second-order valence-electron chi connectivity index (χ2n) is 6.33. The molecule has 0 saturated heterocycles. The summed E-state index contributed by atoms with van der Waals surface area (Å²) >= 11 is 0. The first-order valence-corrected chi connectivity index (χ1v) is 8.85. The maximum absolute atomic E-state index is 13.3. The number of amides is 1. The molecule has 0 aliphatic carbocycles. The summed E-state index contributed by atoms with van der Waals surface area (Å²) in [5, 5.41) is 2.63. The first-order valence-electron chi connectivity index (χ1n) is 8.85. The second-order valence-corrected chi connectivity index (χ2v) is 6.33. The van der Waals surface area contributed by atoms with Crippen LogP contribution in [-0.4, -0.2) is 25.0 Å². The molecule has 0 spiro atoms. The largest absolute Gasteiger partial charge is 0.467 e. The van der Waals surface area contributed by atoms with E-state index in [1.807, 2.05) is 54.6 Å². The Morgan fingerprint density at radius 2 is 1.61 bits per heavy atom. The molecule has 0 aliphatic rings. The van der Waals surface area contributed by atoms with Gasteiger partial charge in [-0.25, -0.2) is 9.18 Å². The highest BCUT2D eigenvalue weighted by molar-refractivity contribution is 5.96. The molecule has 0 aromatic heterocycles. The summed E-state index contributed by atoms with van der Waals surface area (Å²) in [6, 6.07) is 22.1. The Morgan fingerprint density at radius 3 is 2.25 bits per heavy atom. The average molecular weight is 377 g/mol. The van der Waals surface area contributed by atoms with Gasteiger partial charge in [0.2, 0.25) is 0 Å². The number of hydrogen-bond donors (Lipinski definition) is 1. The van der Waals surface area contributed by atoms with E-state index in [4.69, 9.17) is 4.74 Å². The lowest BCUT2D eigenvalue weighted by Crippen LogP contribution is -2.43. The Bertz CT molecular complexity index is 955. The van der Waals surface area contributed by atoms with Crippen molar-refractivity contribution in [1.82, 2.24) is 5.32 Å². The Labute approximate surface area is 163 Å². The van der Waals surface area contributed by atoms with Gasteiger partial charge in [0.25, 0.3) is 5.91 Å². The highest BCUT2D eigenvalue weighted by Crippen LogP contribution is 2.20. The van der Waals surface area contributed by atoms with Gasteiger partial charge in [-0.1, -0.05) is 60.7 Å². The summed E-state index contributed by atoms with van der Waals surface area (Å²) in [5.74, 6) is -1.61. The third-order valence-electron chi connectivity index (χ3n) is 4.38. The first kappa shape index (κ1) is 19.3. The van der Waals surface area contributed by atoms with Gasteiger partial charge in [-0.3, -0.25) is 4.79 Å². The molecule has 5 heteroatoms. The minimum absolute atomic E-state index is 0.147. The molecule has 4 nitrogen and oxygen atoms in total. The van der Waals surface area contributed by atoms with Crippen LogP contribution in [0.4, 0.5) is 4.39 Å². The smallest absolute Gasteiger partial charge is 0.328 e. The van der Waals surface area contributed by atoms with Gasteiger partial charge in [-0.15, -0.1) is 0 Å². The van der Waals surface area contributed by atoms with Crippen LogP contribution in [0.15, 0.2) is 78.9 Å². The zero-order valence-electron chi connectivity index (χ0n) is 15.4. The highest BCUT2D eigenvalue weighted by Gasteiger charge is 2.22. The lowest BCUT2D eigenvalue weighted by atomic mass is 10.0. The molecule has 3 aromatic rings. The highest BCUT2D eigenvalue weighted by atomic mass is 19.1. The average Bonchev–Trinajstić information content (AvgIpc) is 2.73. The quantitative estimate of drug-likeness (QED) is 0.661. The lowest BCUT2D eigenvalue weighted by Gasteiger charge is -2.17. The van der Waals surface area contributed by atoms with Crippen molar-refractivity contribution in [2.75, 3.05) is 7.11 Å². The fourth-order valence-electron chi connectivity index (χ4n) is 2.91. The number of halogens is 1. The Hall–Kier alpha value is -3.47. The van der Waals surface area contributed by atoms with E-state index in [1.165, 1.54) is 25.3 Å². The van der Waals surface area contributed by atoms with Crippen LogP contribution < -0.4 is 5.32 Å². The van der Waals surface area contributed by atoms with E-state index in [0.29, 0.717) is 0 Å². The molecular weight excluding hydrogens is 357 g/mol. The standard InChI is InChI=1S/C23H20FNO3/c1-28-23(27)21(25-22(26)19-8-5-9-20(24)15-19)14-16-10-12-18(13-11-16)17-6-3-2-4-7-17/h2-13,15,21H,14H2,1H3,(H,25,26)/t21-/m1/s1. The number of methoxy groups -OCH3 is 1. The number of ether oxygens (including phenoxy) is 1. The van der Waals surface area contributed by atoms with E-state index in [0.717, 1.165) is 22.8 Å². The third-order valence-corrected chi connectivity index (χ3v) is 4.38. The van der Waals surface area contributed by atoms with Crippen LogP contribution in [0, 0.1) is 5.82 Å². The van der Waals surface area contributed by atoms with Gasteiger partial charge in [-0.05, 0) is 34.9 Å². The third kappa shape index (κ3) is 4.82. The number of carbonyl (C=O) groups is 2. The van der Waals surface area contributed by atoms with Gasteiger partial charge >= 0.3 is 5.97 Å². The Balaban J connectivity index is 1.74. The zero-order chi connectivity index (χ0) is 19.9. The van der Waals surface area contributed by atoms with Crippen molar-refractivity contribution >= 4 is 11.9 Å². The number of hydrogen-bond acceptors (Lipinski definition) is 3. The van der Waals surface area contributed by atoms with Gasteiger partial charge in [0.1, 0.15) is 11.9 Å². The Morgan fingerprint density at radius 1 is 0.929 bits per heavy atom. The fourth-order valence-corrected chi connectivity index (χ4v) is 2.91. The summed E-state index contributed by atoms with van der Waals surface area (Å²) in [4.78, 5) is 24.5. The number of carbonyl (C=O) groups excluding carboxylic acids is 2. The SMILES string of the molecule is COC(=O)[C@@H](Cc1ccc(-c2ccccc2)cc1)NC(=O)c1cccc(F)c1. The van der Waals surface area contributed by atoms with Crippen molar-refractivity contribution in [1.29, 1.82) is 0 Å². The molecule has 1 N–H and O–H groups in total. The van der Waals surface area contributed by atoms with Crippen LogP contribution in [0.3, 0.4) is 0 Å². The van der Waals surface area contributed by atoms with Crippen molar-refractivity contribution < 1.29 is 18.7 Å². The van der Waals surface area contributed by atoms with Crippen LogP contribution in [0.1, 0.15) is 15.9 Å². The molecule has 142 valence electrons. The minimum atomic E-state index is -0.872. The summed E-state index contributed by atoms with van der Waals surface area (Å²) in [5.41, 5.74) is 3.17. The molecule has 0 heterocycles. The molecule has 0 fully saturated rings. The van der Waals surface area contributed by atoms with Gasteiger partial charge in [-0.2, -0.15) is 0 Å². The predicted octanol–water partition coefficient (Wildman–Crippen LogP) is 4.01. The van der Waals surface area contributed by atoms with E-state index >= 15 is 0 Å². The van der Waals surface area contributed by atoms with E-state index in [2.05, 4.69) is 5.32 Å². The fraction of sp³-hybridized carbons (Fsp3) is 0.130. The molecule has 1 amide bonds. The van der Waals surface area contributed by atoms with Crippen molar-refractivity contribution in [3.8, 4) is 11.1 Å². The topological polar surface area (TPSA) is 55.4 Å². The van der Waals surface area contributed by atoms with E-state index < -0.39 is 23.7 Å². The van der Waals surface area contributed by atoms with Gasteiger partial charge in [0.15, 0.2) is 0 Å². The maximum Gasteiger partial charge on any atom is 0.328 e. The molecule has 1 atom stereocenters. The van der Waals surface area contributed by atoms with Crippen LogP contribution in [0.2, 0.25) is 0 Å². The molecule has 28 heavy (non-hydrogen) atoms. The van der Waals surface area contributed by atoms with Crippen molar-refractivity contribution in [2.24, 2.45) is 0 Å². The maximum atomic E-state index is 13.3. The van der Waals surface area contributed by atoms with Gasteiger partial charge in [0.05, 0.1) is 7.11 Å². The molecule has 0 unspecified atom stereocenters. The monoisotopic (exact) mass is 377 g/mol. The molecule has 3 rings (SSSR count). The summed E-state index contributed by atoms with van der Waals surface area (Å²) < 4.78 is 18.2. The molecule has 3 aromatic carbocycles. The summed E-state index contributed by atoms with van der Waals surface area (Å²) in [7, 11) is 1.27. The number of nitrogens with one attached hydrogen (secondary N) is 1. The van der Waals surface area contributed by atoms with Crippen molar-refractivity contribution in [3.05, 3.63) is 95.8 Å². The summed E-state index contributed by atoms with van der Waals surface area (Å²) in [6.45, 7) is 0. The van der Waals surface area contributed by atoms with Gasteiger partial charge in [0, 0.05) is 12.0 Å². The normalized spacial score (nSPS) is 11.5. The van der Waals surface area contributed by atoms with E-state index in [9.17, 15) is 14.0 Å². The number of esters is 1. The number of benzene rings is 3. The Kier molecular flexibility index (Phi) is 6.17. The minimum Gasteiger partial charge on any atom is -0.467 e. The van der Waals surface area contributed by atoms with Crippen molar-refractivity contribution in [3.63, 3.8) is 0 Å². The molecule has 0 bridgehead atoms. The van der Waals surface area contributed by atoms with E-state index in [-0.39, 0.29) is 12.0 Å². The molecular formula is C23H20FNO3. The van der Waals surface area contributed by atoms with Crippen LogP contribution in [-0.2, 0) is 16.0 Å². The van der Waals surface area contributed by atoms with Crippen molar-refractivity contribution in [2.45, 2.75) is 12.5 Å². The predicted molar refractivity (Wildman–Crippen MR) is 105 cm³/mol. The van der Waals surface area contributed by atoms with E-state index in [1.54, 1.807) is 0 Å². The second kappa shape index (κ2) is 8.95. The van der Waals surface area contributed by atoms with Crippen LogP contribution in [0.25, 0.3) is 11.1 Å². The first-order chi connectivity index (χ1) is 13.6. The van der Waals surface area contributed by atoms with Crippen LogP contribution in [0.5, 0.6) is 0 Å². The van der Waals surface area contributed by atoms with Gasteiger partial charge < -0.3 is 10.1 Å². The molecule has 0 radical (unpaired) electrons.